The van der Waals surface area contributed by atoms with Crippen LogP contribution in [0.2, 0.25) is 0 Å². The first-order valence-electron chi connectivity index (χ1n) is 5.11. The zero-order valence-corrected chi connectivity index (χ0v) is 8.69. The molecule has 1 heterocycles. The van der Waals surface area contributed by atoms with Crippen molar-refractivity contribution in [2.75, 3.05) is 27.2 Å². The molecule has 1 saturated heterocycles. The maximum absolute atomic E-state index is 3.25. The Morgan fingerprint density at radius 3 is 2.67 bits per heavy atom. The summed E-state index contributed by atoms with van der Waals surface area (Å²) in [7, 11) is 4.31. The minimum absolute atomic E-state index is 0.517. The molecular formula is C10H22N2. The largest absolute Gasteiger partial charge is 0.320 e. The molecule has 2 heteroatoms. The first-order chi connectivity index (χ1) is 5.75. The van der Waals surface area contributed by atoms with E-state index in [0.717, 1.165) is 6.54 Å². The summed E-state index contributed by atoms with van der Waals surface area (Å²) in [5.74, 6) is 0. The van der Waals surface area contributed by atoms with Crippen LogP contribution in [0.5, 0.6) is 0 Å². The molecule has 0 aromatic heterocycles. The molecule has 1 fully saturated rings. The van der Waals surface area contributed by atoms with E-state index < -0.39 is 0 Å². The molecule has 0 radical (unpaired) electrons. The fourth-order valence-corrected chi connectivity index (χ4v) is 2.37. The first-order valence-corrected chi connectivity index (χ1v) is 5.11. The van der Waals surface area contributed by atoms with Crippen molar-refractivity contribution in [3.05, 3.63) is 0 Å². The average Bonchev–Trinajstić information content (AvgIpc) is 2.45. The Morgan fingerprint density at radius 1 is 1.50 bits per heavy atom. The molecule has 0 aliphatic carbocycles. The van der Waals surface area contributed by atoms with E-state index in [1.807, 2.05) is 7.05 Å². The highest BCUT2D eigenvalue weighted by Crippen LogP contribution is 2.33. The zero-order valence-electron chi connectivity index (χ0n) is 8.69. The van der Waals surface area contributed by atoms with E-state index >= 15 is 0 Å². The normalized spacial score (nSPS) is 31.2. The zero-order chi connectivity index (χ0) is 9.03. The van der Waals surface area contributed by atoms with Crippen molar-refractivity contribution in [2.45, 2.75) is 38.1 Å². The molecule has 0 aromatic carbocycles. The summed E-state index contributed by atoms with van der Waals surface area (Å²) in [5.41, 5.74) is 0.517. The van der Waals surface area contributed by atoms with Crippen molar-refractivity contribution < 1.29 is 0 Å². The minimum Gasteiger partial charge on any atom is -0.320 e. The van der Waals surface area contributed by atoms with Gasteiger partial charge in [-0.1, -0.05) is 6.92 Å². The summed E-state index contributed by atoms with van der Waals surface area (Å²) in [6.07, 6.45) is 5.37. The fourth-order valence-electron chi connectivity index (χ4n) is 2.37. The molecule has 12 heavy (non-hydrogen) atoms. The molecule has 1 atom stereocenters. The van der Waals surface area contributed by atoms with Gasteiger partial charge < -0.3 is 10.2 Å². The SMILES string of the molecule is CCC1(CCNC)CCCN1C. The smallest absolute Gasteiger partial charge is 0.0216 e. The lowest BCUT2D eigenvalue weighted by atomic mass is 9.89. The number of hydrogen-bond acceptors (Lipinski definition) is 2. The molecule has 0 bridgehead atoms. The fraction of sp³-hybridized carbons (Fsp3) is 1.00. The molecule has 0 saturated carbocycles. The van der Waals surface area contributed by atoms with E-state index in [1.54, 1.807) is 0 Å². The Morgan fingerprint density at radius 2 is 2.25 bits per heavy atom. The van der Waals surface area contributed by atoms with Crippen LogP contribution in [0.3, 0.4) is 0 Å². The standard InChI is InChI=1S/C10H22N2/c1-4-10(7-8-11-2)6-5-9-12(10)3/h11H,4-9H2,1-3H3. The molecule has 72 valence electrons. The average molecular weight is 170 g/mol. The van der Waals surface area contributed by atoms with Gasteiger partial charge in [0.05, 0.1) is 0 Å². The van der Waals surface area contributed by atoms with E-state index in [0.29, 0.717) is 5.54 Å². The lowest BCUT2D eigenvalue weighted by Gasteiger charge is -2.35. The Labute approximate surface area is 76.3 Å². The summed E-state index contributed by atoms with van der Waals surface area (Å²) in [4.78, 5) is 2.55. The first kappa shape index (κ1) is 10.0. The lowest BCUT2D eigenvalue weighted by molar-refractivity contribution is 0.154. The predicted octanol–water partition coefficient (Wildman–Crippen LogP) is 1.47. The number of rotatable bonds is 4. The van der Waals surface area contributed by atoms with Crippen molar-refractivity contribution in [1.29, 1.82) is 0 Å². The van der Waals surface area contributed by atoms with Crippen LogP contribution in [-0.4, -0.2) is 37.6 Å². The Hall–Kier alpha value is -0.0800. The van der Waals surface area contributed by atoms with Crippen LogP contribution in [0.1, 0.15) is 32.6 Å². The Kier molecular flexibility index (Phi) is 3.53. The van der Waals surface area contributed by atoms with Crippen LogP contribution in [0.15, 0.2) is 0 Å². The molecular weight excluding hydrogens is 148 g/mol. The summed E-state index contributed by atoms with van der Waals surface area (Å²) in [5, 5.41) is 3.25. The quantitative estimate of drug-likeness (QED) is 0.687. The van der Waals surface area contributed by atoms with Crippen LogP contribution >= 0.6 is 0 Å². The predicted molar refractivity (Wildman–Crippen MR) is 53.4 cm³/mol. The highest BCUT2D eigenvalue weighted by molar-refractivity contribution is 4.93. The van der Waals surface area contributed by atoms with Crippen LogP contribution < -0.4 is 5.32 Å². The van der Waals surface area contributed by atoms with E-state index in [2.05, 4.69) is 24.2 Å². The molecule has 1 N–H and O–H groups in total. The van der Waals surface area contributed by atoms with Gasteiger partial charge in [-0.15, -0.1) is 0 Å². The molecule has 1 aliphatic rings. The van der Waals surface area contributed by atoms with Gasteiger partial charge in [0.25, 0.3) is 0 Å². The van der Waals surface area contributed by atoms with Crippen molar-refractivity contribution in [1.82, 2.24) is 10.2 Å². The number of hydrogen-bond donors (Lipinski definition) is 1. The van der Waals surface area contributed by atoms with Gasteiger partial charge in [-0.3, -0.25) is 0 Å². The van der Waals surface area contributed by atoms with Gasteiger partial charge in [0, 0.05) is 5.54 Å². The topological polar surface area (TPSA) is 15.3 Å². The molecule has 2 nitrogen and oxygen atoms in total. The minimum atomic E-state index is 0.517. The van der Waals surface area contributed by atoms with E-state index in [9.17, 15) is 0 Å². The molecule has 1 unspecified atom stereocenters. The Balaban J connectivity index is 2.49. The molecule has 1 aliphatic heterocycles. The van der Waals surface area contributed by atoms with Crippen molar-refractivity contribution >= 4 is 0 Å². The van der Waals surface area contributed by atoms with Gasteiger partial charge in [0.15, 0.2) is 0 Å². The monoisotopic (exact) mass is 170 g/mol. The maximum atomic E-state index is 3.25. The molecule has 0 amide bonds. The number of nitrogens with zero attached hydrogens (tertiary/aromatic N) is 1. The second-order valence-electron chi connectivity index (χ2n) is 3.96. The van der Waals surface area contributed by atoms with Crippen molar-refractivity contribution in [3.8, 4) is 0 Å². The van der Waals surface area contributed by atoms with Gasteiger partial charge >= 0.3 is 0 Å². The van der Waals surface area contributed by atoms with Gasteiger partial charge in [0.2, 0.25) is 0 Å². The van der Waals surface area contributed by atoms with E-state index in [4.69, 9.17) is 0 Å². The van der Waals surface area contributed by atoms with Crippen LogP contribution in [0.25, 0.3) is 0 Å². The van der Waals surface area contributed by atoms with Gasteiger partial charge in [-0.05, 0) is 52.9 Å². The lowest BCUT2D eigenvalue weighted by Crippen LogP contribution is -2.42. The third kappa shape index (κ3) is 1.80. The number of likely N-dealkylation sites (tertiary alicyclic amines) is 1. The van der Waals surface area contributed by atoms with Crippen molar-refractivity contribution in [3.63, 3.8) is 0 Å². The van der Waals surface area contributed by atoms with Gasteiger partial charge in [-0.2, -0.15) is 0 Å². The van der Waals surface area contributed by atoms with Crippen LogP contribution in [0, 0.1) is 0 Å². The molecule has 1 rings (SSSR count). The maximum Gasteiger partial charge on any atom is 0.0216 e. The molecule has 0 aromatic rings. The van der Waals surface area contributed by atoms with Gasteiger partial charge in [-0.25, -0.2) is 0 Å². The summed E-state index contributed by atoms with van der Waals surface area (Å²) < 4.78 is 0. The molecule has 0 spiro atoms. The van der Waals surface area contributed by atoms with Crippen LogP contribution in [-0.2, 0) is 0 Å². The summed E-state index contributed by atoms with van der Waals surface area (Å²) >= 11 is 0. The summed E-state index contributed by atoms with van der Waals surface area (Å²) in [6.45, 7) is 4.76. The van der Waals surface area contributed by atoms with E-state index in [-0.39, 0.29) is 0 Å². The van der Waals surface area contributed by atoms with Crippen LogP contribution in [0.4, 0.5) is 0 Å². The highest BCUT2D eigenvalue weighted by atomic mass is 15.2. The van der Waals surface area contributed by atoms with Crippen molar-refractivity contribution in [2.24, 2.45) is 0 Å². The Bertz CT molecular complexity index is 136. The second kappa shape index (κ2) is 4.24. The number of nitrogens with one attached hydrogen (secondary N) is 1. The summed E-state index contributed by atoms with van der Waals surface area (Å²) in [6, 6.07) is 0. The van der Waals surface area contributed by atoms with E-state index in [1.165, 1.54) is 32.2 Å². The third-order valence-electron chi connectivity index (χ3n) is 3.44. The highest BCUT2D eigenvalue weighted by Gasteiger charge is 2.35. The third-order valence-corrected chi connectivity index (χ3v) is 3.44. The van der Waals surface area contributed by atoms with Gasteiger partial charge in [0.1, 0.15) is 0 Å². The second-order valence-corrected chi connectivity index (χ2v) is 3.96.